The van der Waals surface area contributed by atoms with E-state index in [-0.39, 0.29) is 0 Å². The van der Waals surface area contributed by atoms with Crippen molar-refractivity contribution >= 4 is 21.5 Å². The second kappa shape index (κ2) is 7.76. The summed E-state index contributed by atoms with van der Waals surface area (Å²) in [6.45, 7) is 2.84. The van der Waals surface area contributed by atoms with Crippen molar-refractivity contribution in [1.29, 1.82) is 0 Å². The van der Waals surface area contributed by atoms with E-state index in [0.29, 0.717) is 5.92 Å². The Labute approximate surface area is 171 Å². The molecule has 1 aliphatic heterocycles. The zero-order chi connectivity index (χ0) is 19.6. The van der Waals surface area contributed by atoms with Crippen molar-refractivity contribution in [2.75, 3.05) is 26.8 Å². The molecule has 3 heteroatoms. The van der Waals surface area contributed by atoms with Gasteiger partial charge in [0.15, 0.2) is 0 Å². The number of benzene rings is 4. The summed E-state index contributed by atoms with van der Waals surface area (Å²) >= 11 is 0. The summed E-state index contributed by atoms with van der Waals surface area (Å²) in [4.78, 5) is 0. The summed E-state index contributed by atoms with van der Waals surface area (Å²) in [6.07, 6.45) is 0.768. The van der Waals surface area contributed by atoms with Crippen molar-refractivity contribution in [1.82, 2.24) is 5.32 Å². The smallest absolute Gasteiger partial charge is 0.123 e. The van der Waals surface area contributed by atoms with Gasteiger partial charge in [-0.3, -0.25) is 0 Å². The lowest BCUT2D eigenvalue weighted by Crippen LogP contribution is -2.45. The average Bonchev–Trinajstić information content (AvgIpc) is 2.74. The van der Waals surface area contributed by atoms with Crippen LogP contribution in [0.4, 0.5) is 0 Å². The van der Waals surface area contributed by atoms with Crippen LogP contribution in [0.3, 0.4) is 0 Å². The topological polar surface area (TPSA) is 30.5 Å². The van der Waals surface area contributed by atoms with Crippen LogP contribution >= 0.6 is 0 Å². The molecule has 0 radical (unpaired) electrons. The van der Waals surface area contributed by atoms with Crippen LogP contribution in [0.15, 0.2) is 72.8 Å². The second-order valence-electron chi connectivity index (χ2n) is 7.74. The lowest BCUT2D eigenvalue weighted by molar-refractivity contribution is 0.198. The van der Waals surface area contributed by atoms with Gasteiger partial charge < -0.3 is 14.8 Å². The Hall–Kier alpha value is -3.04. The lowest BCUT2D eigenvalue weighted by Gasteiger charge is -2.27. The Kier molecular flexibility index (Phi) is 4.82. The van der Waals surface area contributed by atoms with Gasteiger partial charge in [0, 0.05) is 36.6 Å². The highest BCUT2D eigenvalue weighted by Gasteiger charge is 2.19. The molecule has 0 amide bonds. The van der Waals surface area contributed by atoms with Gasteiger partial charge >= 0.3 is 0 Å². The summed E-state index contributed by atoms with van der Waals surface area (Å²) < 4.78 is 12.1. The quantitative estimate of drug-likeness (QED) is 0.497. The first-order valence-corrected chi connectivity index (χ1v) is 10.2. The van der Waals surface area contributed by atoms with Crippen molar-refractivity contribution in [3.05, 3.63) is 83.9 Å². The third-order valence-electron chi connectivity index (χ3n) is 5.91. The van der Waals surface area contributed by atoms with E-state index in [0.717, 1.165) is 37.6 Å². The number of ether oxygens (including phenoxy) is 2. The van der Waals surface area contributed by atoms with Crippen molar-refractivity contribution in [2.24, 2.45) is 5.92 Å². The van der Waals surface area contributed by atoms with Crippen molar-refractivity contribution in [3.8, 4) is 11.5 Å². The molecule has 1 heterocycles. The van der Waals surface area contributed by atoms with Crippen LogP contribution in [0.1, 0.15) is 11.1 Å². The highest BCUT2D eigenvalue weighted by atomic mass is 16.5. The minimum Gasteiger partial charge on any atom is -0.496 e. The molecule has 1 N–H and O–H groups in total. The number of methoxy groups -OCH3 is 1. The summed E-state index contributed by atoms with van der Waals surface area (Å²) in [5.41, 5.74) is 2.43. The molecule has 0 spiro atoms. The Bertz CT molecular complexity index is 1160. The second-order valence-corrected chi connectivity index (χ2v) is 7.74. The van der Waals surface area contributed by atoms with Gasteiger partial charge in [0.2, 0.25) is 0 Å². The molecule has 0 atom stereocenters. The monoisotopic (exact) mass is 383 g/mol. The molecule has 0 aromatic heterocycles. The zero-order valence-electron chi connectivity index (χ0n) is 16.7. The number of nitrogens with one attached hydrogen (secondary N) is 1. The van der Waals surface area contributed by atoms with Crippen molar-refractivity contribution < 1.29 is 9.47 Å². The minimum atomic E-state index is 0.599. The molecule has 1 saturated heterocycles. The fourth-order valence-electron chi connectivity index (χ4n) is 4.17. The highest BCUT2D eigenvalue weighted by molar-refractivity contribution is 5.91. The summed E-state index contributed by atoms with van der Waals surface area (Å²) in [5.74, 6) is 2.50. The van der Waals surface area contributed by atoms with E-state index in [1.807, 2.05) is 0 Å². The molecule has 146 valence electrons. The van der Waals surface area contributed by atoms with Gasteiger partial charge in [-0.1, -0.05) is 60.7 Å². The van der Waals surface area contributed by atoms with Gasteiger partial charge in [-0.15, -0.1) is 0 Å². The highest BCUT2D eigenvalue weighted by Crippen LogP contribution is 2.36. The van der Waals surface area contributed by atoms with Gasteiger partial charge in [0.05, 0.1) is 13.7 Å². The maximum absolute atomic E-state index is 6.33. The molecule has 0 aliphatic carbocycles. The third kappa shape index (κ3) is 3.43. The maximum Gasteiger partial charge on any atom is 0.123 e. The summed E-state index contributed by atoms with van der Waals surface area (Å²) in [6, 6.07) is 25.5. The van der Waals surface area contributed by atoms with E-state index >= 15 is 0 Å². The molecule has 29 heavy (non-hydrogen) atoms. The van der Waals surface area contributed by atoms with Crippen LogP contribution in [0.5, 0.6) is 11.5 Å². The van der Waals surface area contributed by atoms with Crippen LogP contribution in [0.25, 0.3) is 21.5 Å². The maximum atomic E-state index is 6.33. The van der Waals surface area contributed by atoms with Gasteiger partial charge in [0.25, 0.3) is 0 Å². The number of hydrogen-bond donors (Lipinski definition) is 1. The molecule has 1 aliphatic rings. The van der Waals surface area contributed by atoms with Gasteiger partial charge in [0.1, 0.15) is 11.5 Å². The van der Waals surface area contributed by atoms with Crippen molar-refractivity contribution in [3.63, 3.8) is 0 Å². The minimum absolute atomic E-state index is 0.599. The first-order valence-electron chi connectivity index (χ1n) is 10.2. The SMILES string of the molecule is COc1ccc2ccccc2c1Cc1c(OCC2CNC2)ccc2ccccc12. The Balaban J connectivity index is 1.63. The number of fused-ring (bicyclic) bond motifs is 2. The fourth-order valence-corrected chi connectivity index (χ4v) is 4.17. The number of hydrogen-bond acceptors (Lipinski definition) is 3. The Morgan fingerprint density at radius 3 is 1.93 bits per heavy atom. The predicted octanol–water partition coefficient (Wildman–Crippen LogP) is 5.19. The molecule has 0 unspecified atom stereocenters. The van der Waals surface area contributed by atoms with E-state index in [1.165, 1.54) is 32.7 Å². The van der Waals surface area contributed by atoms with E-state index in [9.17, 15) is 0 Å². The number of rotatable bonds is 6. The van der Waals surface area contributed by atoms with Crippen LogP contribution < -0.4 is 14.8 Å². The normalized spacial score (nSPS) is 14.1. The molecule has 5 rings (SSSR count). The van der Waals surface area contributed by atoms with Crippen LogP contribution in [-0.4, -0.2) is 26.8 Å². The zero-order valence-corrected chi connectivity index (χ0v) is 16.7. The third-order valence-corrected chi connectivity index (χ3v) is 5.91. The largest absolute Gasteiger partial charge is 0.496 e. The van der Waals surface area contributed by atoms with Crippen LogP contribution in [-0.2, 0) is 6.42 Å². The molecule has 0 bridgehead atoms. The van der Waals surface area contributed by atoms with Gasteiger partial charge in [-0.2, -0.15) is 0 Å². The molecule has 0 saturated carbocycles. The van der Waals surface area contributed by atoms with E-state index in [1.54, 1.807) is 7.11 Å². The summed E-state index contributed by atoms with van der Waals surface area (Å²) in [5, 5.41) is 8.26. The fraction of sp³-hybridized carbons (Fsp3) is 0.231. The van der Waals surface area contributed by atoms with Gasteiger partial charge in [-0.25, -0.2) is 0 Å². The Morgan fingerprint density at radius 1 is 0.759 bits per heavy atom. The molecule has 1 fully saturated rings. The first-order chi connectivity index (χ1) is 14.3. The van der Waals surface area contributed by atoms with Crippen LogP contribution in [0.2, 0.25) is 0 Å². The standard InChI is InChI=1S/C26H25NO2/c1-28-25-12-10-19-6-2-4-8-21(19)23(25)14-24-22-9-5-3-7-20(22)11-13-26(24)29-17-18-15-27-16-18/h2-13,18,27H,14-17H2,1H3. The first kappa shape index (κ1) is 18.0. The van der Waals surface area contributed by atoms with Crippen LogP contribution in [0, 0.1) is 5.92 Å². The molecule has 4 aromatic carbocycles. The van der Waals surface area contributed by atoms with Crippen molar-refractivity contribution in [2.45, 2.75) is 6.42 Å². The summed E-state index contributed by atoms with van der Waals surface area (Å²) in [7, 11) is 1.75. The Morgan fingerprint density at radius 2 is 1.34 bits per heavy atom. The van der Waals surface area contributed by atoms with E-state index in [2.05, 4.69) is 78.1 Å². The van der Waals surface area contributed by atoms with E-state index < -0.39 is 0 Å². The van der Waals surface area contributed by atoms with Gasteiger partial charge in [-0.05, 0) is 33.7 Å². The predicted molar refractivity (Wildman–Crippen MR) is 119 cm³/mol. The van der Waals surface area contributed by atoms with E-state index in [4.69, 9.17) is 9.47 Å². The lowest BCUT2D eigenvalue weighted by atomic mass is 9.93. The average molecular weight is 383 g/mol. The molecular formula is C26H25NO2. The molecule has 3 nitrogen and oxygen atoms in total. The molecular weight excluding hydrogens is 358 g/mol. The molecule has 4 aromatic rings.